The van der Waals surface area contributed by atoms with Gasteiger partial charge in [-0.1, -0.05) is 63.2 Å². The molecule has 2 N–H and O–H groups in total. The Hall–Kier alpha value is -4.26. The maximum absolute atomic E-state index is 13.0. The summed E-state index contributed by atoms with van der Waals surface area (Å²) in [7, 11) is 0. The molecule has 2 aromatic heterocycles. The van der Waals surface area contributed by atoms with Crippen LogP contribution in [0.25, 0.3) is 11.3 Å². The number of carbonyl (C=O) groups is 2. The molecule has 4 rings (SSSR count). The Labute approximate surface area is 198 Å². The largest absolute Gasteiger partial charge is 0.273 e. The maximum Gasteiger partial charge on any atom is 0.273 e. The van der Waals surface area contributed by atoms with E-state index in [4.69, 9.17) is 0 Å². The van der Waals surface area contributed by atoms with Crippen molar-refractivity contribution in [2.24, 2.45) is 0 Å². The van der Waals surface area contributed by atoms with E-state index in [9.17, 15) is 9.59 Å². The normalized spacial score (nSPS) is 11.1. The summed E-state index contributed by atoms with van der Waals surface area (Å²) in [5, 5.41) is 4.62. The zero-order valence-corrected chi connectivity index (χ0v) is 19.4. The fourth-order valence-corrected chi connectivity index (χ4v) is 3.53. The van der Waals surface area contributed by atoms with Gasteiger partial charge in [0.05, 0.1) is 12.1 Å². The summed E-state index contributed by atoms with van der Waals surface area (Å²) in [5.41, 5.74) is 9.19. The van der Waals surface area contributed by atoms with E-state index in [1.807, 2.05) is 48.5 Å². The molecule has 0 bridgehead atoms. The van der Waals surface area contributed by atoms with E-state index >= 15 is 0 Å². The Morgan fingerprint density at radius 3 is 2.24 bits per heavy atom. The molecule has 0 fully saturated rings. The van der Waals surface area contributed by atoms with Crippen LogP contribution in [0.3, 0.4) is 0 Å². The van der Waals surface area contributed by atoms with Crippen LogP contribution in [0.4, 0.5) is 0 Å². The Kier molecular flexibility index (Phi) is 6.54. The van der Waals surface area contributed by atoms with Crippen molar-refractivity contribution in [1.29, 1.82) is 0 Å². The average molecular weight is 454 g/mol. The van der Waals surface area contributed by atoms with Crippen molar-refractivity contribution in [2.45, 2.75) is 32.7 Å². The Morgan fingerprint density at radius 1 is 0.882 bits per heavy atom. The van der Waals surface area contributed by atoms with Crippen LogP contribution in [0.1, 0.15) is 52.6 Å². The lowest BCUT2D eigenvalue weighted by Crippen LogP contribution is -2.41. The molecule has 0 spiro atoms. The fourth-order valence-electron chi connectivity index (χ4n) is 3.53. The van der Waals surface area contributed by atoms with Crippen LogP contribution in [0.15, 0.2) is 85.3 Å². The highest BCUT2D eigenvalue weighted by molar-refractivity contribution is 6.02. The molecule has 0 aliphatic carbocycles. The number of hydrazine groups is 1. The summed E-state index contributed by atoms with van der Waals surface area (Å²) in [6.45, 7) is 6.84. The van der Waals surface area contributed by atoms with Crippen LogP contribution in [0.5, 0.6) is 0 Å². The summed E-state index contributed by atoms with van der Waals surface area (Å²) in [6, 6.07) is 20.8. The van der Waals surface area contributed by atoms with Gasteiger partial charge in [0.25, 0.3) is 11.8 Å². The summed E-state index contributed by atoms with van der Waals surface area (Å²) >= 11 is 0. The molecule has 0 radical (unpaired) electrons. The standard InChI is InChI=1S/C27H27N5O2/c1-27(2,3)22-13-11-20(12-14-22)25(33)29-30-26(34)23-18-32(17-19-8-5-4-6-9-19)31-24(23)21-10-7-15-28-16-21/h4-16,18H,17H2,1-3H3,(H,29,33)(H,30,34). The highest BCUT2D eigenvalue weighted by atomic mass is 16.2. The molecule has 2 aromatic carbocycles. The second-order valence-corrected chi connectivity index (χ2v) is 9.05. The number of hydrogen-bond acceptors (Lipinski definition) is 4. The van der Waals surface area contributed by atoms with Gasteiger partial charge in [0, 0.05) is 29.7 Å². The third-order valence-electron chi connectivity index (χ3n) is 5.43. The van der Waals surface area contributed by atoms with Crippen LogP contribution >= 0.6 is 0 Å². The van der Waals surface area contributed by atoms with Gasteiger partial charge in [-0.25, -0.2) is 0 Å². The zero-order valence-electron chi connectivity index (χ0n) is 19.4. The van der Waals surface area contributed by atoms with Crippen molar-refractivity contribution in [3.63, 3.8) is 0 Å². The first-order valence-corrected chi connectivity index (χ1v) is 11.0. The van der Waals surface area contributed by atoms with Crippen molar-refractivity contribution in [2.75, 3.05) is 0 Å². The molecular weight excluding hydrogens is 426 g/mol. The molecule has 0 saturated carbocycles. The third-order valence-corrected chi connectivity index (χ3v) is 5.43. The van der Waals surface area contributed by atoms with Gasteiger partial charge in [0.1, 0.15) is 5.69 Å². The van der Waals surface area contributed by atoms with Crippen LogP contribution in [-0.4, -0.2) is 26.6 Å². The molecule has 7 nitrogen and oxygen atoms in total. The van der Waals surface area contributed by atoms with Crippen molar-refractivity contribution in [1.82, 2.24) is 25.6 Å². The SMILES string of the molecule is CC(C)(C)c1ccc(C(=O)NNC(=O)c2cn(Cc3ccccc3)nc2-c2cccnc2)cc1. The lowest BCUT2D eigenvalue weighted by atomic mass is 9.87. The summed E-state index contributed by atoms with van der Waals surface area (Å²) in [5.74, 6) is -0.855. The lowest BCUT2D eigenvalue weighted by molar-refractivity contribution is 0.0847. The molecule has 0 unspecified atom stereocenters. The molecular formula is C27H27N5O2. The van der Waals surface area contributed by atoms with Crippen LogP contribution in [0.2, 0.25) is 0 Å². The molecule has 0 aliphatic rings. The highest BCUT2D eigenvalue weighted by Gasteiger charge is 2.20. The average Bonchev–Trinajstić information content (AvgIpc) is 3.27. The van der Waals surface area contributed by atoms with E-state index in [1.54, 1.807) is 41.5 Å². The van der Waals surface area contributed by atoms with Gasteiger partial charge in [-0.3, -0.25) is 30.1 Å². The van der Waals surface area contributed by atoms with E-state index in [2.05, 4.69) is 41.7 Å². The van der Waals surface area contributed by atoms with E-state index < -0.39 is 11.8 Å². The predicted molar refractivity (Wildman–Crippen MR) is 131 cm³/mol. The van der Waals surface area contributed by atoms with Crippen LogP contribution in [0, 0.1) is 0 Å². The van der Waals surface area contributed by atoms with Crippen molar-refractivity contribution >= 4 is 11.8 Å². The van der Waals surface area contributed by atoms with Gasteiger partial charge in [0.15, 0.2) is 0 Å². The number of amides is 2. The first-order chi connectivity index (χ1) is 16.3. The highest BCUT2D eigenvalue weighted by Crippen LogP contribution is 2.23. The maximum atomic E-state index is 13.0. The molecule has 2 amide bonds. The summed E-state index contributed by atoms with van der Waals surface area (Å²) < 4.78 is 1.71. The van der Waals surface area contributed by atoms with Gasteiger partial charge in [-0.2, -0.15) is 5.10 Å². The monoisotopic (exact) mass is 453 g/mol. The minimum absolute atomic E-state index is 0.00811. The molecule has 0 aliphatic heterocycles. The second-order valence-electron chi connectivity index (χ2n) is 9.05. The lowest BCUT2D eigenvalue weighted by Gasteiger charge is -2.19. The van der Waals surface area contributed by atoms with Gasteiger partial charge < -0.3 is 0 Å². The second kappa shape index (κ2) is 9.70. The smallest absolute Gasteiger partial charge is 0.267 e. The van der Waals surface area contributed by atoms with Gasteiger partial charge >= 0.3 is 0 Å². The number of carbonyl (C=O) groups excluding carboxylic acids is 2. The minimum Gasteiger partial charge on any atom is -0.267 e. The van der Waals surface area contributed by atoms with E-state index in [0.717, 1.165) is 11.1 Å². The van der Waals surface area contributed by atoms with Gasteiger partial charge in [-0.05, 0) is 40.8 Å². The number of nitrogens with zero attached hydrogens (tertiary/aromatic N) is 3. The van der Waals surface area contributed by atoms with Crippen LogP contribution < -0.4 is 10.9 Å². The number of rotatable bonds is 5. The van der Waals surface area contributed by atoms with Gasteiger partial charge in [0.2, 0.25) is 0 Å². The number of nitrogens with one attached hydrogen (secondary N) is 2. The molecule has 7 heteroatoms. The number of benzene rings is 2. The van der Waals surface area contributed by atoms with E-state index in [0.29, 0.717) is 28.9 Å². The van der Waals surface area contributed by atoms with E-state index in [1.165, 1.54) is 0 Å². The number of pyridine rings is 1. The summed E-state index contributed by atoms with van der Waals surface area (Å²) in [6.07, 6.45) is 4.99. The molecule has 0 saturated heterocycles. The predicted octanol–water partition coefficient (Wildman–Crippen LogP) is 4.37. The zero-order chi connectivity index (χ0) is 24.1. The summed E-state index contributed by atoms with van der Waals surface area (Å²) in [4.78, 5) is 29.8. The van der Waals surface area contributed by atoms with Crippen molar-refractivity contribution in [3.05, 3.63) is 108 Å². The van der Waals surface area contributed by atoms with E-state index in [-0.39, 0.29) is 5.41 Å². The molecule has 4 aromatic rings. The Balaban J connectivity index is 1.52. The Bertz CT molecular complexity index is 1270. The number of aromatic nitrogens is 3. The molecule has 2 heterocycles. The third kappa shape index (κ3) is 5.38. The quantitative estimate of drug-likeness (QED) is 0.439. The first-order valence-electron chi connectivity index (χ1n) is 11.0. The topological polar surface area (TPSA) is 88.9 Å². The number of hydrogen-bond donors (Lipinski definition) is 2. The Morgan fingerprint density at radius 2 is 1.59 bits per heavy atom. The molecule has 34 heavy (non-hydrogen) atoms. The molecule has 172 valence electrons. The fraction of sp³-hybridized carbons (Fsp3) is 0.185. The first kappa shape index (κ1) is 22.9. The van der Waals surface area contributed by atoms with Crippen molar-refractivity contribution in [3.8, 4) is 11.3 Å². The van der Waals surface area contributed by atoms with Crippen LogP contribution in [-0.2, 0) is 12.0 Å². The minimum atomic E-state index is -0.460. The van der Waals surface area contributed by atoms with Crippen molar-refractivity contribution < 1.29 is 9.59 Å². The van der Waals surface area contributed by atoms with Gasteiger partial charge in [-0.15, -0.1) is 0 Å². The molecule has 0 atom stereocenters.